The van der Waals surface area contributed by atoms with E-state index in [2.05, 4.69) is 39.6 Å². The van der Waals surface area contributed by atoms with E-state index in [1.807, 2.05) is 26.0 Å². The van der Waals surface area contributed by atoms with Gasteiger partial charge in [-0.25, -0.2) is 0 Å². The van der Waals surface area contributed by atoms with Gasteiger partial charge >= 0.3 is 0 Å². The zero-order valence-electron chi connectivity index (χ0n) is 12.4. The number of tetrazole rings is 1. The standard InChI is InChI=1S/C15H17N5O/c1-4-12-5-7-13(8-6-12)15-16-19-20(17-15)9-14-10(2)18-21-11(14)3/h5-8H,4,9H2,1-3H3. The normalized spacial score (nSPS) is 11.0. The number of rotatable bonds is 4. The fraction of sp³-hybridized carbons (Fsp3) is 0.333. The van der Waals surface area contributed by atoms with Gasteiger partial charge in [0.05, 0.1) is 12.2 Å². The van der Waals surface area contributed by atoms with E-state index in [1.165, 1.54) is 5.56 Å². The number of hydrogen-bond donors (Lipinski definition) is 0. The summed E-state index contributed by atoms with van der Waals surface area (Å²) in [6, 6.07) is 8.22. The molecule has 0 spiro atoms. The molecule has 0 aliphatic rings. The second-order valence-corrected chi connectivity index (χ2v) is 5.00. The molecule has 6 heteroatoms. The highest BCUT2D eigenvalue weighted by molar-refractivity contribution is 5.54. The second kappa shape index (κ2) is 5.47. The maximum absolute atomic E-state index is 5.15. The minimum absolute atomic E-state index is 0.515. The Morgan fingerprint density at radius 2 is 1.90 bits per heavy atom. The molecular formula is C15H17N5O. The third-order valence-corrected chi connectivity index (χ3v) is 3.55. The van der Waals surface area contributed by atoms with Crippen LogP contribution in [0.5, 0.6) is 0 Å². The summed E-state index contributed by atoms with van der Waals surface area (Å²) >= 11 is 0. The zero-order valence-corrected chi connectivity index (χ0v) is 12.4. The summed E-state index contributed by atoms with van der Waals surface area (Å²) < 4.78 is 5.15. The van der Waals surface area contributed by atoms with Gasteiger partial charge in [-0.1, -0.05) is 36.3 Å². The topological polar surface area (TPSA) is 69.6 Å². The Balaban J connectivity index is 1.82. The average Bonchev–Trinajstić information content (AvgIpc) is 3.10. The first-order valence-corrected chi connectivity index (χ1v) is 6.96. The maximum Gasteiger partial charge on any atom is 0.204 e. The largest absolute Gasteiger partial charge is 0.361 e. The number of aromatic nitrogens is 5. The molecule has 0 aliphatic carbocycles. The summed E-state index contributed by atoms with van der Waals surface area (Å²) in [7, 11) is 0. The molecule has 0 N–H and O–H groups in total. The lowest BCUT2D eigenvalue weighted by Crippen LogP contribution is -2.05. The van der Waals surface area contributed by atoms with Gasteiger partial charge in [0, 0.05) is 11.1 Å². The van der Waals surface area contributed by atoms with E-state index in [9.17, 15) is 0 Å². The van der Waals surface area contributed by atoms with E-state index in [4.69, 9.17) is 4.52 Å². The fourth-order valence-electron chi connectivity index (χ4n) is 2.18. The smallest absolute Gasteiger partial charge is 0.204 e. The highest BCUT2D eigenvalue weighted by Crippen LogP contribution is 2.16. The number of nitrogens with zero attached hydrogens (tertiary/aromatic N) is 5. The molecule has 0 aliphatic heterocycles. The molecule has 3 rings (SSSR count). The summed E-state index contributed by atoms with van der Waals surface area (Å²) in [4.78, 5) is 1.57. The van der Waals surface area contributed by atoms with Gasteiger partial charge in [-0.15, -0.1) is 10.2 Å². The summed E-state index contributed by atoms with van der Waals surface area (Å²) in [6.07, 6.45) is 1.02. The van der Waals surface area contributed by atoms with Gasteiger partial charge in [0.25, 0.3) is 0 Å². The van der Waals surface area contributed by atoms with Crippen LogP contribution >= 0.6 is 0 Å². The van der Waals surface area contributed by atoms with E-state index in [0.29, 0.717) is 12.4 Å². The molecule has 6 nitrogen and oxygen atoms in total. The Morgan fingerprint density at radius 1 is 1.14 bits per heavy atom. The van der Waals surface area contributed by atoms with Gasteiger partial charge in [-0.05, 0) is 31.0 Å². The summed E-state index contributed by atoms with van der Waals surface area (Å²) in [5.41, 5.74) is 4.12. The number of aryl methyl sites for hydroxylation is 3. The molecule has 1 aromatic carbocycles. The average molecular weight is 283 g/mol. The number of benzene rings is 1. The van der Waals surface area contributed by atoms with Gasteiger partial charge < -0.3 is 4.52 Å². The third kappa shape index (κ3) is 2.69. The molecule has 2 heterocycles. The van der Waals surface area contributed by atoms with E-state index in [0.717, 1.165) is 29.0 Å². The van der Waals surface area contributed by atoms with Crippen molar-refractivity contribution < 1.29 is 4.52 Å². The Kier molecular flexibility index (Phi) is 3.51. The Hall–Kier alpha value is -2.50. The van der Waals surface area contributed by atoms with Crippen LogP contribution < -0.4 is 0 Å². The van der Waals surface area contributed by atoms with Crippen LogP contribution in [0.4, 0.5) is 0 Å². The Bertz CT molecular complexity index is 722. The van der Waals surface area contributed by atoms with E-state index < -0.39 is 0 Å². The van der Waals surface area contributed by atoms with Gasteiger partial charge in [-0.3, -0.25) is 0 Å². The molecule has 2 aromatic heterocycles. The van der Waals surface area contributed by atoms with Crippen LogP contribution in [0, 0.1) is 13.8 Å². The molecule has 0 saturated heterocycles. The highest BCUT2D eigenvalue weighted by atomic mass is 16.5. The monoisotopic (exact) mass is 283 g/mol. The lowest BCUT2D eigenvalue weighted by atomic mass is 10.1. The molecule has 0 amide bonds. The predicted octanol–water partition coefficient (Wildman–Crippen LogP) is 2.56. The van der Waals surface area contributed by atoms with Crippen molar-refractivity contribution in [3.63, 3.8) is 0 Å². The molecule has 0 unspecified atom stereocenters. The molecule has 21 heavy (non-hydrogen) atoms. The molecule has 3 aromatic rings. The summed E-state index contributed by atoms with van der Waals surface area (Å²) in [6.45, 7) is 6.44. The molecule has 0 fully saturated rings. The van der Waals surface area contributed by atoms with Crippen molar-refractivity contribution in [2.75, 3.05) is 0 Å². The quantitative estimate of drug-likeness (QED) is 0.736. The SMILES string of the molecule is CCc1ccc(-c2nnn(Cc3c(C)noc3C)n2)cc1. The lowest BCUT2D eigenvalue weighted by Gasteiger charge is -1.98. The minimum atomic E-state index is 0.515. The summed E-state index contributed by atoms with van der Waals surface area (Å²) in [5, 5.41) is 16.6. The van der Waals surface area contributed by atoms with Crippen LogP contribution in [0.25, 0.3) is 11.4 Å². The second-order valence-electron chi connectivity index (χ2n) is 5.00. The molecule has 0 radical (unpaired) electrons. The first kappa shape index (κ1) is 13.5. The maximum atomic E-state index is 5.15. The van der Waals surface area contributed by atoms with Crippen LogP contribution in [-0.4, -0.2) is 25.4 Å². The van der Waals surface area contributed by atoms with Crippen molar-refractivity contribution in [1.82, 2.24) is 25.4 Å². The van der Waals surface area contributed by atoms with Crippen LogP contribution in [-0.2, 0) is 13.0 Å². The van der Waals surface area contributed by atoms with Crippen molar-refractivity contribution >= 4 is 0 Å². The van der Waals surface area contributed by atoms with Crippen LogP contribution in [0.15, 0.2) is 28.8 Å². The minimum Gasteiger partial charge on any atom is -0.361 e. The summed E-state index contributed by atoms with van der Waals surface area (Å²) in [5.74, 6) is 1.42. The Morgan fingerprint density at radius 3 is 2.52 bits per heavy atom. The fourth-order valence-corrected chi connectivity index (χ4v) is 2.18. The van der Waals surface area contributed by atoms with Gasteiger partial charge in [0.1, 0.15) is 5.76 Å². The first-order chi connectivity index (χ1) is 10.2. The van der Waals surface area contributed by atoms with Crippen molar-refractivity contribution in [1.29, 1.82) is 0 Å². The molecule has 0 atom stereocenters. The molecule has 0 bridgehead atoms. The van der Waals surface area contributed by atoms with E-state index >= 15 is 0 Å². The third-order valence-electron chi connectivity index (χ3n) is 3.55. The molecule has 0 saturated carbocycles. The van der Waals surface area contributed by atoms with Crippen LogP contribution in [0.1, 0.15) is 29.5 Å². The van der Waals surface area contributed by atoms with Crippen molar-refractivity contribution in [3.8, 4) is 11.4 Å². The van der Waals surface area contributed by atoms with E-state index in [1.54, 1.807) is 4.80 Å². The van der Waals surface area contributed by atoms with Gasteiger partial charge in [-0.2, -0.15) is 4.80 Å². The van der Waals surface area contributed by atoms with Crippen molar-refractivity contribution in [2.24, 2.45) is 0 Å². The first-order valence-electron chi connectivity index (χ1n) is 6.96. The number of hydrogen-bond acceptors (Lipinski definition) is 5. The van der Waals surface area contributed by atoms with Crippen LogP contribution in [0.3, 0.4) is 0 Å². The lowest BCUT2D eigenvalue weighted by molar-refractivity contribution is 0.391. The van der Waals surface area contributed by atoms with Gasteiger partial charge in [0.15, 0.2) is 0 Å². The van der Waals surface area contributed by atoms with Crippen molar-refractivity contribution in [2.45, 2.75) is 33.7 Å². The molecular weight excluding hydrogens is 266 g/mol. The van der Waals surface area contributed by atoms with Gasteiger partial charge in [0.2, 0.25) is 5.82 Å². The van der Waals surface area contributed by atoms with Crippen molar-refractivity contribution in [3.05, 3.63) is 46.8 Å². The van der Waals surface area contributed by atoms with Crippen LogP contribution in [0.2, 0.25) is 0 Å². The zero-order chi connectivity index (χ0) is 14.8. The highest BCUT2D eigenvalue weighted by Gasteiger charge is 2.12. The predicted molar refractivity (Wildman–Crippen MR) is 77.7 cm³/mol. The van der Waals surface area contributed by atoms with E-state index in [-0.39, 0.29) is 0 Å². The Labute approximate surface area is 122 Å². The molecule has 108 valence electrons.